The SMILES string of the molecule is Cc1ccccc1/C=C/C(=O)N[C@H]1CC[C@H](CCN2CCc3sc(OCC(C)(F)F)nc3C2)CC1. The molecule has 2 aromatic rings. The summed E-state index contributed by atoms with van der Waals surface area (Å²) in [7, 11) is 0. The van der Waals surface area contributed by atoms with Gasteiger partial charge in [-0.15, -0.1) is 0 Å². The standard InChI is InChI=1S/C27H35F2N3O2S/c1-19-5-3-4-6-21(19)9-12-25(33)30-22-10-7-20(8-11-22)13-15-32-16-14-24-23(17-32)31-26(35-24)34-18-27(2,28)29/h3-6,9,12,20,22H,7-8,10-11,13-18H2,1-2H3,(H,30,33)/b12-9+/t20-,22-. The molecule has 35 heavy (non-hydrogen) atoms. The molecule has 1 N–H and O–H groups in total. The summed E-state index contributed by atoms with van der Waals surface area (Å²) in [6, 6.07) is 8.29. The average Bonchev–Trinajstić information content (AvgIpc) is 3.24. The number of hydrogen-bond donors (Lipinski definition) is 1. The first kappa shape index (κ1) is 25.8. The third-order valence-corrected chi connectivity index (χ3v) is 7.96. The van der Waals surface area contributed by atoms with E-state index in [1.807, 2.05) is 37.3 Å². The zero-order valence-electron chi connectivity index (χ0n) is 20.6. The minimum Gasteiger partial charge on any atom is -0.464 e. The van der Waals surface area contributed by atoms with Crippen molar-refractivity contribution >= 4 is 23.3 Å². The zero-order valence-corrected chi connectivity index (χ0v) is 21.4. The van der Waals surface area contributed by atoms with Crippen LogP contribution in [0.15, 0.2) is 30.3 Å². The van der Waals surface area contributed by atoms with E-state index in [2.05, 4.69) is 15.2 Å². The lowest BCUT2D eigenvalue weighted by Crippen LogP contribution is -2.37. The number of halogens is 2. The Morgan fingerprint density at radius 2 is 2.06 bits per heavy atom. The van der Waals surface area contributed by atoms with Crippen LogP contribution in [0.4, 0.5) is 8.78 Å². The second kappa shape index (κ2) is 11.6. The molecule has 1 fully saturated rings. The molecule has 5 nitrogen and oxygen atoms in total. The third-order valence-electron chi connectivity index (χ3n) is 6.89. The second-order valence-corrected chi connectivity index (χ2v) is 11.0. The highest BCUT2D eigenvalue weighted by atomic mass is 32.1. The fourth-order valence-electron chi connectivity index (χ4n) is 4.82. The van der Waals surface area contributed by atoms with Crippen molar-refractivity contribution in [3.8, 4) is 5.19 Å². The van der Waals surface area contributed by atoms with E-state index >= 15 is 0 Å². The molecule has 0 bridgehead atoms. The van der Waals surface area contributed by atoms with Gasteiger partial charge >= 0.3 is 0 Å². The summed E-state index contributed by atoms with van der Waals surface area (Å²) in [5, 5.41) is 3.52. The molecule has 0 spiro atoms. The lowest BCUT2D eigenvalue weighted by Gasteiger charge is -2.31. The molecule has 0 saturated heterocycles. The maximum atomic E-state index is 13.0. The molecule has 8 heteroatoms. The number of alkyl halides is 2. The van der Waals surface area contributed by atoms with Gasteiger partial charge in [-0.2, -0.15) is 0 Å². The van der Waals surface area contributed by atoms with Crippen molar-refractivity contribution in [1.82, 2.24) is 15.2 Å². The van der Waals surface area contributed by atoms with Gasteiger partial charge < -0.3 is 10.1 Å². The lowest BCUT2D eigenvalue weighted by molar-refractivity contribution is -0.117. The summed E-state index contributed by atoms with van der Waals surface area (Å²) in [5.41, 5.74) is 3.20. The highest BCUT2D eigenvalue weighted by Gasteiger charge is 2.27. The first-order valence-electron chi connectivity index (χ1n) is 12.5. The minimum absolute atomic E-state index is 0.0184. The summed E-state index contributed by atoms with van der Waals surface area (Å²) in [6.07, 6.45) is 9.86. The molecule has 2 aliphatic rings. The van der Waals surface area contributed by atoms with Crippen LogP contribution in [0.25, 0.3) is 6.08 Å². The number of carbonyl (C=O) groups excluding carboxylic acids is 1. The van der Waals surface area contributed by atoms with Crippen molar-refractivity contribution in [2.24, 2.45) is 5.92 Å². The predicted octanol–water partition coefficient (Wildman–Crippen LogP) is 5.62. The zero-order chi connectivity index (χ0) is 24.8. The maximum absolute atomic E-state index is 13.0. The largest absolute Gasteiger partial charge is 0.464 e. The molecule has 1 saturated carbocycles. The quantitative estimate of drug-likeness (QED) is 0.451. The van der Waals surface area contributed by atoms with E-state index in [0.29, 0.717) is 11.1 Å². The summed E-state index contributed by atoms with van der Waals surface area (Å²) in [5.74, 6) is -2.19. The summed E-state index contributed by atoms with van der Waals surface area (Å²) >= 11 is 1.40. The highest BCUT2D eigenvalue weighted by molar-refractivity contribution is 7.13. The molecule has 0 radical (unpaired) electrons. The number of fused-ring (bicyclic) bond motifs is 1. The molecular weight excluding hydrogens is 468 g/mol. The highest BCUT2D eigenvalue weighted by Crippen LogP contribution is 2.32. The van der Waals surface area contributed by atoms with Crippen molar-refractivity contribution in [2.75, 3.05) is 19.7 Å². The molecule has 1 aliphatic carbocycles. The van der Waals surface area contributed by atoms with Crippen molar-refractivity contribution in [3.05, 3.63) is 52.0 Å². The van der Waals surface area contributed by atoms with Crippen LogP contribution >= 0.6 is 11.3 Å². The number of benzene rings is 1. The molecular formula is C27H35F2N3O2S. The Labute approximate surface area is 210 Å². The Bertz CT molecular complexity index is 1030. The normalized spacial score (nSPS) is 21.1. The van der Waals surface area contributed by atoms with E-state index in [1.165, 1.54) is 11.3 Å². The number of aromatic nitrogens is 1. The van der Waals surface area contributed by atoms with Gasteiger partial charge in [0.2, 0.25) is 5.91 Å². The van der Waals surface area contributed by atoms with Crippen LogP contribution in [0.2, 0.25) is 0 Å². The van der Waals surface area contributed by atoms with E-state index in [1.54, 1.807) is 6.08 Å². The van der Waals surface area contributed by atoms with Crippen LogP contribution in [0, 0.1) is 12.8 Å². The summed E-state index contributed by atoms with van der Waals surface area (Å²) < 4.78 is 31.3. The van der Waals surface area contributed by atoms with E-state index in [4.69, 9.17) is 4.74 Å². The van der Waals surface area contributed by atoms with Gasteiger partial charge in [-0.25, -0.2) is 13.8 Å². The molecule has 1 aromatic heterocycles. The minimum atomic E-state index is -2.85. The van der Waals surface area contributed by atoms with Gasteiger partial charge in [-0.3, -0.25) is 9.69 Å². The number of hydrogen-bond acceptors (Lipinski definition) is 5. The Hall–Kier alpha value is -2.32. The number of nitrogens with one attached hydrogen (secondary N) is 1. The van der Waals surface area contributed by atoms with Crippen molar-refractivity contribution < 1.29 is 18.3 Å². The monoisotopic (exact) mass is 503 g/mol. The first-order chi connectivity index (χ1) is 16.7. The number of carbonyl (C=O) groups is 1. The van der Waals surface area contributed by atoms with E-state index in [0.717, 1.165) is 86.8 Å². The summed E-state index contributed by atoms with van der Waals surface area (Å²) in [4.78, 5) is 20.4. The molecule has 2 heterocycles. The lowest BCUT2D eigenvalue weighted by atomic mass is 9.84. The van der Waals surface area contributed by atoms with E-state index in [-0.39, 0.29) is 11.9 Å². The maximum Gasteiger partial charge on any atom is 0.278 e. The molecule has 1 amide bonds. The Morgan fingerprint density at radius 1 is 1.29 bits per heavy atom. The molecule has 4 rings (SSSR count). The summed E-state index contributed by atoms with van der Waals surface area (Å²) in [6.45, 7) is 5.01. The van der Waals surface area contributed by atoms with Crippen LogP contribution < -0.4 is 10.1 Å². The van der Waals surface area contributed by atoms with Gasteiger partial charge in [-0.1, -0.05) is 35.6 Å². The molecule has 0 atom stereocenters. The first-order valence-corrected chi connectivity index (χ1v) is 13.3. The smallest absolute Gasteiger partial charge is 0.278 e. The van der Waals surface area contributed by atoms with Crippen LogP contribution in [0.3, 0.4) is 0 Å². The van der Waals surface area contributed by atoms with Crippen LogP contribution in [-0.2, 0) is 17.8 Å². The molecule has 190 valence electrons. The number of thiazole rings is 1. The van der Waals surface area contributed by atoms with Gasteiger partial charge in [0, 0.05) is 37.0 Å². The van der Waals surface area contributed by atoms with Crippen LogP contribution in [0.5, 0.6) is 5.19 Å². The number of ether oxygens (including phenoxy) is 1. The van der Waals surface area contributed by atoms with Crippen LogP contribution in [-0.4, -0.2) is 47.5 Å². The van der Waals surface area contributed by atoms with Gasteiger partial charge in [0.15, 0.2) is 6.61 Å². The van der Waals surface area contributed by atoms with Crippen LogP contribution in [0.1, 0.15) is 60.7 Å². The second-order valence-electron chi connectivity index (χ2n) is 9.94. The molecule has 1 aliphatic heterocycles. The number of nitrogens with zero attached hydrogens (tertiary/aromatic N) is 2. The third kappa shape index (κ3) is 7.84. The number of aryl methyl sites for hydroxylation is 1. The van der Waals surface area contributed by atoms with Crippen molar-refractivity contribution in [1.29, 1.82) is 0 Å². The number of rotatable bonds is 9. The van der Waals surface area contributed by atoms with Gasteiger partial charge in [0.25, 0.3) is 11.1 Å². The Morgan fingerprint density at radius 3 is 2.80 bits per heavy atom. The molecule has 1 aromatic carbocycles. The number of amides is 1. The Balaban J connectivity index is 1.15. The predicted molar refractivity (Wildman–Crippen MR) is 136 cm³/mol. The van der Waals surface area contributed by atoms with Gasteiger partial charge in [-0.05, 0) is 75.1 Å². The van der Waals surface area contributed by atoms with Crippen molar-refractivity contribution in [3.63, 3.8) is 0 Å². The van der Waals surface area contributed by atoms with E-state index in [9.17, 15) is 13.6 Å². The van der Waals surface area contributed by atoms with Crippen molar-refractivity contribution in [2.45, 2.75) is 70.9 Å². The molecule has 0 unspecified atom stereocenters. The van der Waals surface area contributed by atoms with E-state index < -0.39 is 12.5 Å². The fourth-order valence-corrected chi connectivity index (χ4v) is 5.73. The van der Waals surface area contributed by atoms with Gasteiger partial charge in [0.05, 0.1) is 5.69 Å². The van der Waals surface area contributed by atoms with Gasteiger partial charge in [0.1, 0.15) is 0 Å². The Kier molecular flexibility index (Phi) is 8.55. The fraction of sp³-hybridized carbons (Fsp3) is 0.556. The topological polar surface area (TPSA) is 54.5 Å². The average molecular weight is 504 g/mol.